The molecule has 4 aromatic rings. The zero-order valence-electron chi connectivity index (χ0n) is 19.2. The third kappa shape index (κ3) is 2.58. The summed E-state index contributed by atoms with van der Waals surface area (Å²) in [6.07, 6.45) is 10.8. The molecule has 0 aliphatic heterocycles. The van der Waals surface area contributed by atoms with Crippen molar-refractivity contribution in [2.24, 2.45) is 24.3 Å². The zero-order valence-corrected chi connectivity index (χ0v) is 19.2. The number of rotatable bonds is 3. The van der Waals surface area contributed by atoms with Gasteiger partial charge in [0.15, 0.2) is 11.3 Å². The van der Waals surface area contributed by atoms with Gasteiger partial charge in [0.05, 0.1) is 35.1 Å². The topological polar surface area (TPSA) is 119 Å². The summed E-state index contributed by atoms with van der Waals surface area (Å²) in [5, 5.41) is 17.6. The average Bonchev–Trinajstić information content (AvgIpc) is 3.35. The van der Waals surface area contributed by atoms with Crippen molar-refractivity contribution in [3.8, 4) is 6.07 Å². The van der Waals surface area contributed by atoms with Crippen molar-refractivity contribution >= 4 is 28.4 Å². The summed E-state index contributed by atoms with van der Waals surface area (Å²) in [6.45, 7) is 1.99. The van der Waals surface area contributed by atoms with Crippen LogP contribution in [0.4, 0.5) is 11.6 Å². The Kier molecular flexibility index (Phi) is 3.73. The first-order chi connectivity index (χ1) is 16.4. The third-order valence-electron chi connectivity index (χ3n) is 8.41. The van der Waals surface area contributed by atoms with Gasteiger partial charge in [-0.05, 0) is 68.9 Å². The largest absolute Gasteiger partial charge is 0.330 e. The summed E-state index contributed by atoms with van der Waals surface area (Å²) < 4.78 is 5.25. The number of aromatic nitrogens is 7. The maximum Gasteiger partial charge on any atom is 0.330 e. The van der Waals surface area contributed by atoms with Crippen molar-refractivity contribution in [2.75, 3.05) is 5.32 Å². The number of aryl methyl sites for hydroxylation is 2. The summed E-state index contributed by atoms with van der Waals surface area (Å²) in [4.78, 5) is 27.2. The van der Waals surface area contributed by atoms with E-state index in [0.717, 1.165) is 49.0 Å². The van der Waals surface area contributed by atoms with Gasteiger partial charge < -0.3 is 5.32 Å². The van der Waals surface area contributed by atoms with Crippen molar-refractivity contribution in [1.82, 2.24) is 33.7 Å². The van der Waals surface area contributed by atoms with Gasteiger partial charge in [-0.1, -0.05) is 0 Å². The molecule has 2 unspecified atom stereocenters. The van der Waals surface area contributed by atoms with E-state index in [2.05, 4.69) is 26.5 Å². The Bertz CT molecular complexity index is 1570. The van der Waals surface area contributed by atoms with Gasteiger partial charge in [0.1, 0.15) is 11.8 Å². The Morgan fingerprint density at radius 3 is 2.76 bits per heavy atom. The van der Waals surface area contributed by atoms with Crippen LogP contribution in [0.1, 0.15) is 44.1 Å². The minimum atomic E-state index is -0.350. The van der Waals surface area contributed by atoms with E-state index < -0.39 is 0 Å². The van der Waals surface area contributed by atoms with Crippen molar-refractivity contribution in [1.29, 1.82) is 5.26 Å². The Morgan fingerprint density at radius 2 is 2.00 bits per heavy atom. The monoisotopic (exact) mass is 455 g/mol. The normalized spacial score (nSPS) is 29.7. The predicted octanol–water partition coefficient (Wildman–Crippen LogP) is 3.04. The average molecular weight is 456 g/mol. The van der Waals surface area contributed by atoms with Crippen LogP contribution >= 0.6 is 0 Å². The second kappa shape index (κ2) is 6.44. The van der Waals surface area contributed by atoms with Crippen molar-refractivity contribution in [3.05, 3.63) is 40.8 Å². The number of hydrogen-bond acceptors (Lipinski definition) is 7. The molecular formula is C24H25N9O. The molecule has 0 radical (unpaired) electrons. The maximum atomic E-state index is 13.6. The highest BCUT2D eigenvalue weighted by Crippen LogP contribution is 2.64. The van der Waals surface area contributed by atoms with E-state index in [1.54, 1.807) is 22.3 Å². The Morgan fingerprint density at radius 1 is 1.21 bits per heavy atom. The van der Waals surface area contributed by atoms with E-state index >= 15 is 0 Å². The number of anilines is 2. The number of nitrogens with one attached hydrogen (secondary N) is 1. The summed E-state index contributed by atoms with van der Waals surface area (Å²) >= 11 is 0. The number of fused-ring (bicyclic) bond motifs is 2. The quantitative estimate of drug-likeness (QED) is 0.504. The van der Waals surface area contributed by atoms with Crippen LogP contribution in [0.2, 0.25) is 0 Å². The third-order valence-corrected chi connectivity index (χ3v) is 8.41. The Balaban J connectivity index is 1.36. The first-order valence-electron chi connectivity index (χ1n) is 11.8. The fourth-order valence-corrected chi connectivity index (χ4v) is 7.41. The molecule has 4 saturated carbocycles. The summed E-state index contributed by atoms with van der Waals surface area (Å²) in [5.74, 6) is 1.42. The molecule has 4 aliphatic rings. The minimum absolute atomic E-state index is 0.0725. The molecule has 1 N–H and O–H groups in total. The van der Waals surface area contributed by atoms with Gasteiger partial charge in [0.2, 0.25) is 5.95 Å². The molecule has 10 nitrogen and oxygen atoms in total. The molecule has 0 aromatic carbocycles. The number of pyridine rings is 1. The lowest BCUT2D eigenvalue weighted by Crippen LogP contribution is -2.58. The van der Waals surface area contributed by atoms with Gasteiger partial charge in [-0.3, -0.25) is 9.13 Å². The molecule has 4 fully saturated rings. The van der Waals surface area contributed by atoms with E-state index in [1.807, 2.05) is 23.8 Å². The van der Waals surface area contributed by atoms with E-state index in [-0.39, 0.29) is 16.6 Å². The lowest BCUT2D eigenvalue weighted by atomic mass is 9.47. The molecule has 10 heteroatoms. The minimum Gasteiger partial charge on any atom is -0.323 e. The number of hydrogen-bond donors (Lipinski definition) is 1. The van der Waals surface area contributed by atoms with Gasteiger partial charge in [-0.25, -0.2) is 19.3 Å². The first kappa shape index (κ1) is 19.7. The first-order valence-corrected chi connectivity index (χ1v) is 11.8. The van der Waals surface area contributed by atoms with Gasteiger partial charge in [0, 0.05) is 7.05 Å². The second-order valence-electron chi connectivity index (χ2n) is 10.7. The van der Waals surface area contributed by atoms with E-state index in [1.165, 1.54) is 12.7 Å². The van der Waals surface area contributed by atoms with Crippen molar-refractivity contribution < 1.29 is 0 Å². The molecule has 34 heavy (non-hydrogen) atoms. The van der Waals surface area contributed by atoms with Crippen molar-refractivity contribution in [2.45, 2.75) is 51.0 Å². The van der Waals surface area contributed by atoms with Crippen LogP contribution in [-0.2, 0) is 12.6 Å². The highest BCUT2D eigenvalue weighted by atomic mass is 16.2. The molecule has 0 spiro atoms. The zero-order chi connectivity index (χ0) is 23.2. The molecule has 4 bridgehead atoms. The summed E-state index contributed by atoms with van der Waals surface area (Å²) in [7, 11) is 1.78. The summed E-state index contributed by atoms with van der Waals surface area (Å²) in [5.41, 5.74) is 3.19. The number of nitrogens with zero attached hydrogens (tertiary/aromatic N) is 8. The molecule has 2 atom stereocenters. The molecule has 0 amide bonds. The fourth-order valence-electron chi connectivity index (χ4n) is 7.41. The van der Waals surface area contributed by atoms with E-state index in [0.29, 0.717) is 28.9 Å². The molecule has 4 aliphatic carbocycles. The van der Waals surface area contributed by atoms with Gasteiger partial charge in [-0.15, -0.1) is 0 Å². The van der Waals surface area contributed by atoms with Gasteiger partial charge in [0.25, 0.3) is 0 Å². The second-order valence-corrected chi connectivity index (χ2v) is 10.7. The number of nitriles is 1. The highest BCUT2D eigenvalue weighted by molar-refractivity contribution is 5.73. The Labute approximate surface area is 195 Å². The standard InChI is InChI=1S/C24H25N9O/c1-14-3-19-27-13-28-32(19)10-17(14)29-21-26-9-18-20(30-21)33(22(34)31(18)2)24-7-15-4-16(8-24)6-23(5-15,11-24)12-25/h3,9-10,13,15-16H,4-8,11H2,1-2H3,(H,26,29,30). The molecule has 0 saturated heterocycles. The fraction of sp³-hybridized carbons (Fsp3) is 0.500. The molecule has 172 valence electrons. The van der Waals surface area contributed by atoms with Crippen LogP contribution in [0, 0.1) is 35.5 Å². The SMILES string of the molecule is Cc1cc2ncnn2cc1Nc1ncc2c(n1)n(C13CC4CC(CC(C#N)(C4)C1)C3)c(=O)n2C. The van der Waals surface area contributed by atoms with Crippen LogP contribution in [0.15, 0.2) is 29.6 Å². The molecule has 8 rings (SSSR count). The van der Waals surface area contributed by atoms with Crippen LogP contribution in [0.25, 0.3) is 16.8 Å². The molecule has 4 aromatic heterocycles. The van der Waals surface area contributed by atoms with Gasteiger partial charge >= 0.3 is 5.69 Å². The smallest absolute Gasteiger partial charge is 0.323 e. The maximum absolute atomic E-state index is 13.6. The van der Waals surface area contributed by atoms with E-state index in [4.69, 9.17) is 4.98 Å². The van der Waals surface area contributed by atoms with Crippen molar-refractivity contribution in [3.63, 3.8) is 0 Å². The summed E-state index contributed by atoms with van der Waals surface area (Å²) in [6, 6.07) is 4.61. The van der Waals surface area contributed by atoms with E-state index in [9.17, 15) is 10.1 Å². The lowest BCUT2D eigenvalue weighted by Gasteiger charge is -2.59. The van der Waals surface area contributed by atoms with Crippen LogP contribution < -0.4 is 11.0 Å². The predicted molar refractivity (Wildman–Crippen MR) is 124 cm³/mol. The van der Waals surface area contributed by atoms with Crippen LogP contribution in [0.3, 0.4) is 0 Å². The Hall–Kier alpha value is -3.74. The van der Waals surface area contributed by atoms with Gasteiger partial charge in [-0.2, -0.15) is 15.3 Å². The van der Waals surface area contributed by atoms with Crippen LogP contribution in [0.5, 0.6) is 0 Å². The van der Waals surface area contributed by atoms with Crippen LogP contribution in [-0.4, -0.2) is 33.7 Å². The highest BCUT2D eigenvalue weighted by Gasteiger charge is 2.59. The molecule has 4 heterocycles. The molecular weight excluding hydrogens is 430 g/mol. The lowest BCUT2D eigenvalue weighted by molar-refractivity contribution is -0.0746. The number of imidazole rings is 1.